The van der Waals surface area contributed by atoms with Crippen LogP contribution < -0.4 is 4.74 Å². The van der Waals surface area contributed by atoms with Gasteiger partial charge in [-0.25, -0.2) is 8.42 Å². The fraction of sp³-hybridized carbons (Fsp3) is 0.294. The Morgan fingerprint density at radius 1 is 1.23 bits per heavy atom. The lowest BCUT2D eigenvalue weighted by molar-refractivity contribution is -0.387. The van der Waals surface area contributed by atoms with Crippen LogP contribution in [0.2, 0.25) is 5.02 Å². The van der Waals surface area contributed by atoms with E-state index < -0.39 is 20.6 Å². The van der Waals surface area contributed by atoms with E-state index in [1.54, 1.807) is 7.11 Å². The van der Waals surface area contributed by atoms with Crippen molar-refractivity contribution in [3.8, 4) is 5.75 Å². The van der Waals surface area contributed by atoms with Crippen LogP contribution in [0.15, 0.2) is 47.4 Å². The predicted molar refractivity (Wildman–Crippen MR) is 97.2 cm³/mol. The van der Waals surface area contributed by atoms with E-state index in [0.717, 1.165) is 17.4 Å². The minimum absolute atomic E-state index is 0.0297. The molecular formula is C17H17ClN2O5S. The third-order valence-corrected chi connectivity index (χ3v) is 6.62. The fourth-order valence-corrected chi connectivity index (χ4v) is 4.89. The second-order valence-corrected chi connectivity index (χ2v) is 8.33. The molecule has 1 aliphatic heterocycles. The minimum atomic E-state index is -3.98. The Morgan fingerprint density at radius 3 is 2.54 bits per heavy atom. The highest BCUT2D eigenvalue weighted by molar-refractivity contribution is 7.89. The standard InChI is InChI=1S/C17H17ClN2O5S/c1-25-15-5-2-12(3-6-15)13-8-9-19(11-13)26(23,24)17-7-4-14(18)10-16(17)20(21)22/h2-7,10,13H,8-9,11H2,1H3. The molecule has 0 aromatic heterocycles. The van der Waals surface area contributed by atoms with Gasteiger partial charge in [0.1, 0.15) is 5.75 Å². The maximum Gasteiger partial charge on any atom is 0.290 e. The van der Waals surface area contributed by atoms with Gasteiger partial charge in [-0.2, -0.15) is 4.31 Å². The number of halogens is 1. The zero-order valence-corrected chi connectivity index (χ0v) is 15.5. The molecule has 0 amide bonds. The first-order valence-corrected chi connectivity index (χ1v) is 9.73. The van der Waals surface area contributed by atoms with Gasteiger partial charge in [-0.05, 0) is 42.2 Å². The molecule has 138 valence electrons. The largest absolute Gasteiger partial charge is 0.497 e. The van der Waals surface area contributed by atoms with Gasteiger partial charge in [0.25, 0.3) is 5.69 Å². The smallest absolute Gasteiger partial charge is 0.290 e. The van der Waals surface area contributed by atoms with Crippen molar-refractivity contribution < 1.29 is 18.1 Å². The number of sulfonamides is 1. The van der Waals surface area contributed by atoms with Gasteiger partial charge < -0.3 is 4.74 Å². The van der Waals surface area contributed by atoms with Crippen molar-refractivity contribution in [3.05, 3.63) is 63.2 Å². The highest BCUT2D eigenvalue weighted by Gasteiger charge is 2.37. The molecule has 1 heterocycles. The molecule has 3 rings (SSSR count). The second-order valence-electron chi connectivity index (χ2n) is 5.99. The van der Waals surface area contributed by atoms with Crippen LogP contribution in [0.1, 0.15) is 17.9 Å². The first kappa shape index (κ1) is 18.6. The number of rotatable bonds is 5. The SMILES string of the molecule is COc1ccc(C2CCN(S(=O)(=O)c3ccc(Cl)cc3[N+](=O)[O-])C2)cc1. The quantitative estimate of drug-likeness (QED) is 0.570. The lowest BCUT2D eigenvalue weighted by Gasteiger charge is -2.17. The Kier molecular flexibility index (Phi) is 5.17. The molecule has 0 saturated carbocycles. The van der Waals surface area contributed by atoms with E-state index in [4.69, 9.17) is 16.3 Å². The first-order valence-electron chi connectivity index (χ1n) is 7.91. The van der Waals surface area contributed by atoms with Gasteiger partial charge in [0, 0.05) is 24.2 Å². The summed E-state index contributed by atoms with van der Waals surface area (Å²) in [5.74, 6) is 0.759. The van der Waals surface area contributed by atoms with Gasteiger partial charge >= 0.3 is 0 Å². The number of hydrogen-bond donors (Lipinski definition) is 0. The molecule has 1 unspecified atom stereocenters. The minimum Gasteiger partial charge on any atom is -0.497 e. The third-order valence-electron chi connectivity index (χ3n) is 4.47. The molecular weight excluding hydrogens is 380 g/mol. The normalized spacial score (nSPS) is 18.0. The number of benzene rings is 2. The average molecular weight is 397 g/mol. The summed E-state index contributed by atoms with van der Waals surface area (Å²) in [6.45, 7) is 0.577. The molecule has 1 saturated heterocycles. The van der Waals surface area contributed by atoms with E-state index in [-0.39, 0.29) is 22.4 Å². The number of ether oxygens (including phenoxy) is 1. The number of methoxy groups -OCH3 is 1. The van der Waals surface area contributed by atoms with Crippen LogP contribution in [-0.4, -0.2) is 37.8 Å². The van der Waals surface area contributed by atoms with E-state index in [9.17, 15) is 18.5 Å². The van der Waals surface area contributed by atoms with E-state index >= 15 is 0 Å². The van der Waals surface area contributed by atoms with E-state index in [0.29, 0.717) is 13.0 Å². The van der Waals surface area contributed by atoms with Crippen molar-refractivity contribution in [2.24, 2.45) is 0 Å². The highest BCUT2D eigenvalue weighted by atomic mass is 35.5. The molecule has 0 N–H and O–H groups in total. The molecule has 9 heteroatoms. The summed E-state index contributed by atoms with van der Waals surface area (Å²) in [5.41, 5.74) is 0.500. The lowest BCUT2D eigenvalue weighted by Crippen LogP contribution is -2.29. The van der Waals surface area contributed by atoms with Crippen LogP contribution in [0.3, 0.4) is 0 Å². The maximum atomic E-state index is 12.9. The highest BCUT2D eigenvalue weighted by Crippen LogP contribution is 2.35. The third kappa shape index (κ3) is 3.53. The number of hydrogen-bond acceptors (Lipinski definition) is 5. The summed E-state index contributed by atoms with van der Waals surface area (Å²) in [5, 5.41) is 11.4. The molecule has 0 bridgehead atoms. The van der Waals surface area contributed by atoms with Crippen molar-refractivity contribution in [2.45, 2.75) is 17.2 Å². The molecule has 0 radical (unpaired) electrons. The van der Waals surface area contributed by atoms with Gasteiger partial charge in [-0.1, -0.05) is 23.7 Å². The molecule has 1 atom stereocenters. The molecule has 2 aromatic rings. The van der Waals surface area contributed by atoms with Gasteiger partial charge in [0.05, 0.1) is 12.0 Å². The lowest BCUT2D eigenvalue weighted by atomic mass is 9.99. The fourth-order valence-electron chi connectivity index (χ4n) is 3.09. The molecule has 1 fully saturated rings. The van der Waals surface area contributed by atoms with Crippen LogP contribution in [0.25, 0.3) is 0 Å². The second kappa shape index (κ2) is 7.22. The summed E-state index contributed by atoms with van der Waals surface area (Å²) in [6.07, 6.45) is 0.646. The van der Waals surface area contributed by atoms with E-state index in [2.05, 4.69) is 0 Å². The summed E-state index contributed by atoms with van der Waals surface area (Å²) in [4.78, 5) is 10.2. The topological polar surface area (TPSA) is 89.8 Å². The Balaban J connectivity index is 1.86. The van der Waals surface area contributed by atoms with Gasteiger partial charge in [-0.15, -0.1) is 0 Å². The Bertz CT molecular complexity index is 931. The van der Waals surface area contributed by atoms with Crippen LogP contribution in [0.5, 0.6) is 5.75 Å². The van der Waals surface area contributed by atoms with Crippen LogP contribution in [0.4, 0.5) is 5.69 Å². The summed E-state index contributed by atoms with van der Waals surface area (Å²) < 4.78 is 32.2. The van der Waals surface area contributed by atoms with Crippen LogP contribution >= 0.6 is 11.6 Å². The van der Waals surface area contributed by atoms with Gasteiger partial charge in [0.2, 0.25) is 10.0 Å². The van der Waals surface area contributed by atoms with Gasteiger partial charge in [-0.3, -0.25) is 10.1 Å². The van der Waals surface area contributed by atoms with E-state index in [1.807, 2.05) is 24.3 Å². The predicted octanol–water partition coefficient (Wildman–Crippen LogP) is 3.44. The Hall–Kier alpha value is -2.16. The Labute approximate surface area is 156 Å². The number of nitro groups is 1. The summed E-state index contributed by atoms with van der Waals surface area (Å²) in [6, 6.07) is 11.1. The Morgan fingerprint density at radius 2 is 1.92 bits per heavy atom. The zero-order valence-electron chi connectivity index (χ0n) is 14.0. The molecule has 26 heavy (non-hydrogen) atoms. The molecule has 2 aromatic carbocycles. The molecule has 1 aliphatic rings. The molecule has 0 aliphatic carbocycles. The summed E-state index contributed by atoms with van der Waals surface area (Å²) >= 11 is 5.78. The first-order chi connectivity index (χ1) is 12.3. The van der Waals surface area contributed by atoms with Crippen molar-refractivity contribution in [1.82, 2.24) is 4.31 Å². The molecule has 7 nitrogen and oxygen atoms in total. The van der Waals surface area contributed by atoms with Crippen molar-refractivity contribution in [2.75, 3.05) is 20.2 Å². The van der Waals surface area contributed by atoms with Crippen LogP contribution in [-0.2, 0) is 10.0 Å². The van der Waals surface area contributed by atoms with Crippen molar-refractivity contribution in [1.29, 1.82) is 0 Å². The van der Waals surface area contributed by atoms with Crippen molar-refractivity contribution >= 4 is 27.3 Å². The zero-order chi connectivity index (χ0) is 18.9. The monoisotopic (exact) mass is 396 g/mol. The van der Waals surface area contributed by atoms with Crippen molar-refractivity contribution in [3.63, 3.8) is 0 Å². The number of nitro benzene ring substituents is 1. The number of nitrogens with zero attached hydrogens (tertiary/aromatic N) is 2. The molecule has 0 spiro atoms. The average Bonchev–Trinajstić information content (AvgIpc) is 3.12. The maximum absolute atomic E-state index is 12.9. The van der Waals surface area contributed by atoms with Gasteiger partial charge in [0.15, 0.2) is 4.90 Å². The van der Waals surface area contributed by atoms with Crippen LogP contribution in [0, 0.1) is 10.1 Å². The summed E-state index contributed by atoms with van der Waals surface area (Å²) in [7, 11) is -2.40. The van der Waals surface area contributed by atoms with E-state index in [1.165, 1.54) is 16.4 Å².